The molecule has 0 aliphatic carbocycles. The number of nitrogens with one attached hydrogen (secondary N) is 1. The summed E-state index contributed by atoms with van der Waals surface area (Å²) in [6.45, 7) is 4.35. The zero-order chi connectivity index (χ0) is 30.2. The molecule has 1 saturated heterocycles. The third kappa shape index (κ3) is 6.16. The summed E-state index contributed by atoms with van der Waals surface area (Å²) in [5.41, 5.74) is 7.62. The minimum absolute atomic E-state index is 0.110. The van der Waals surface area contributed by atoms with Crippen molar-refractivity contribution in [1.29, 1.82) is 0 Å². The van der Waals surface area contributed by atoms with Gasteiger partial charge >= 0.3 is 12.4 Å². The summed E-state index contributed by atoms with van der Waals surface area (Å²) in [5, 5.41) is 9.04. The molecule has 2 amide bonds. The first kappa shape index (κ1) is 28.2. The first-order valence-corrected chi connectivity index (χ1v) is 14.1. The number of amides is 2. The molecule has 4 aromatic rings. The van der Waals surface area contributed by atoms with Gasteiger partial charge in [-0.05, 0) is 41.5 Å². The van der Waals surface area contributed by atoms with E-state index in [2.05, 4.69) is 56.3 Å². The van der Waals surface area contributed by atoms with E-state index in [0.29, 0.717) is 16.7 Å². The van der Waals surface area contributed by atoms with Crippen LogP contribution in [0.1, 0.15) is 25.0 Å². The van der Waals surface area contributed by atoms with Crippen molar-refractivity contribution in [1.82, 2.24) is 20.2 Å². The van der Waals surface area contributed by atoms with Crippen LogP contribution < -0.4 is 15.1 Å². The Balaban J connectivity index is 1.08. The molecule has 0 unspecified atom stereocenters. The highest BCUT2D eigenvalue weighted by molar-refractivity contribution is 8.14. The summed E-state index contributed by atoms with van der Waals surface area (Å²) in [4.78, 5) is 23.2. The average Bonchev–Trinajstić information content (AvgIpc) is 3.61. The predicted molar refractivity (Wildman–Crippen MR) is 160 cm³/mol. The number of allylic oxidation sites excluding steroid dienone is 1. The predicted octanol–water partition coefficient (Wildman–Crippen LogP) is 6.66. The number of carbonyl (C=O) groups excluding carboxylic acids is 1. The molecule has 0 saturated carbocycles. The Kier molecular flexibility index (Phi) is 7.26. The largest absolute Gasteiger partial charge is 0.573 e. The van der Waals surface area contributed by atoms with Crippen molar-refractivity contribution in [2.75, 3.05) is 10.7 Å². The number of nitrogens with zero attached hydrogens (tertiary/aromatic N) is 6. The number of thioether (sulfide) groups is 1. The van der Waals surface area contributed by atoms with Crippen molar-refractivity contribution in [2.24, 2.45) is 10.1 Å². The van der Waals surface area contributed by atoms with Crippen molar-refractivity contribution in [3.63, 3.8) is 0 Å². The lowest BCUT2D eigenvalue weighted by atomic mass is 9.80. The average molecular weight is 604 g/mol. The van der Waals surface area contributed by atoms with Gasteiger partial charge in [0.2, 0.25) is 0 Å². The Morgan fingerprint density at radius 3 is 2.56 bits per heavy atom. The summed E-state index contributed by atoms with van der Waals surface area (Å²) in [6, 6.07) is 20.0. The van der Waals surface area contributed by atoms with E-state index in [1.165, 1.54) is 58.8 Å². The van der Waals surface area contributed by atoms with Crippen molar-refractivity contribution in [2.45, 2.75) is 25.6 Å². The van der Waals surface area contributed by atoms with E-state index in [1.807, 2.05) is 23.1 Å². The molecule has 0 radical (unpaired) electrons. The van der Waals surface area contributed by atoms with Gasteiger partial charge < -0.3 is 4.74 Å². The Morgan fingerprint density at radius 1 is 1.07 bits per heavy atom. The SMILES string of the molecule is CC1(C)C=C2CSC(=NC(=O)N/N=C/c3ccc(-c4ncn(-c5ccc(OC(F)(F)F)cc5)n4)cc3)N2c2ccccc21. The molecule has 43 heavy (non-hydrogen) atoms. The van der Waals surface area contributed by atoms with Crippen LogP contribution in [0, 0.1) is 0 Å². The fourth-order valence-electron chi connectivity index (χ4n) is 4.86. The van der Waals surface area contributed by atoms with Gasteiger partial charge in [-0.25, -0.2) is 19.9 Å². The number of carbonyl (C=O) groups is 1. The number of alkyl halides is 3. The number of urea groups is 1. The van der Waals surface area contributed by atoms with Crippen LogP contribution in [0.3, 0.4) is 0 Å². The van der Waals surface area contributed by atoms with Crippen LogP contribution in [0.2, 0.25) is 0 Å². The van der Waals surface area contributed by atoms with E-state index in [-0.39, 0.29) is 11.2 Å². The fraction of sp³-hybridized carbons (Fsp3) is 0.167. The first-order chi connectivity index (χ1) is 20.6. The van der Waals surface area contributed by atoms with Crippen molar-refractivity contribution in [3.05, 3.63) is 102 Å². The molecule has 3 aromatic carbocycles. The number of rotatable bonds is 5. The highest BCUT2D eigenvalue weighted by Gasteiger charge is 2.37. The molecule has 1 aromatic heterocycles. The number of hydrogen-bond donors (Lipinski definition) is 1. The maximum absolute atomic E-state index is 12.6. The molecule has 1 N–H and O–H groups in total. The van der Waals surface area contributed by atoms with Gasteiger partial charge in [0, 0.05) is 22.4 Å². The quantitative estimate of drug-likeness (QED) is 0.202. The van der Waals surface area contributed by atoms with E-state index in [9.17, 15) is 18.0 Å². The number of hydrogen-bond acceptors (Lipinski definition) is 6. The molecule has 2 aliphatic heterocycles. The number of hydrazone groups is 1. The van der Waals surface area contributed by atoms with Gasteiger partial charge in [0.1, 0.15) is 12.1 Å². The van der Waals surface area contributed by atoms with Crippen LogP contribution in [-0.2, 0) is 5.41 Å². The summed E-state index contributed by atoms with van der Waals surface area (Å²) >= 11 is 1.51. The minimum Gasteiger partial charge on any atom is -0.406 e. The molecular weight excluding hydrogens is 579 g/mol. The standard InChI is InChI=1S/C30H24F3N7O2S/c1-29(2)15-22-17-43-28(40(22)25-6-4-3-5-24(25)29)36-27(41)37-35-16-19-7-9-20(10-8-19)26-34-18-39(38-26)21-11-13-23(14-12-21)42-30(31,32)33/h3-16,18H,17H2,1-2H3,(H,37,41)/b35-16+,36-28?. The van der Waals surface area contributed by atoms with Gasteiger partial charge in [-0.2, -0.15) is 10.1 Å². The zero-order valence-corrected chi connectivity index (χ0v) is 23.7. The number of aliphatic imine (C=N–C) groups is 1. The monoisotopic (exact) mass is 603 g/mol. The Labute approximate surface area is 248 Å². The number of benzene rings is 3. The minimum atomic E-state index is -4.76. The first-order valence-electron chi connectivity index (χ1n) is 13.1. The van der Waals surface area contributed by atoms with Crippen molar-refractivity contribution in [3.8, 4) is 22.8 Å². The summed E-state index contributed by atoms with van der Waals surface area (Å²) < 4.78 is 42.5. The number of amidine groups is 1. The van der Waals surface area contributed by atoms with E-state index >= 15 is 0 Å². The number of fused-ring (bicyclic) bond motifs is 3. The van der Waals surface area contributed by atoms with Gasteiger partial charge in [-0.15, -0.1) is 18.3 Å². The van der Waals surface area contributed by atoms with Crippen molar-refractivity contribution >= 4 is 34.9 Å². The molecule has 2 aliphatic rings. The van der Waals surface area contributed by atoms with Gasteiger partial charge in [0.15, 0.2) is 11.0 Å². The fourth-order valence-corrected chi connectivity index (χ4v) is 5.84. The van der Waals surface area contributed by atoms with Crippen LogP contribution in [0.15, 0.2) is 101 Å². The molecule has 6 rings (SSSR count). The van der Waals surface area contributed by atoms with Crippen LogP contribution in [-0.4, -0.2) is 44.3 Å². The molecule has 0 atom stereocenters. The molecular formula is C30H24F3N7O2S. The second-order valence-corrected chi connectivity index (χ2v) is 11.2. The van der Waals surface area contributed by atoms with E-state index in [1.54, 1.807) is 24.3 Å². The molecule has 9 nitrogen and oxygen atoms in total. The van der Waals surface area contributed by atoms with Crippen LogP contribution >= 0.6 is 11.8 Å². The Bertz CT molecular complexity index is 1760. The van der Waals surface area contributed by atoms with Gasteiger partial charge in [-0.3, -0.25) is 4.90 Å². The number of halogens is 3. The molecule has 0 spiro atoms. The number of ether oxygens (including phenoxy) is 1. The number of aromatic nitrogens is 3. The van der Waals surface area contributed by atoms with Crippen LogP contribution in [0.25, 0.3) is 17.1 Å². The lowest BCUT2D eigenvalue weighted by Crippen LogP contribution is -2.33. The van der Waals surface area contributed by atoms with E-state index in [0.717, 1.165) is 28.3 Å². The van der Waals surface area contributed by atoms with Crippen LogP contribution in [0.4, 0.5) is 23.7 Å². The van der Waals surface area contributed by atoms with Gasteiger partial charge in [0.05, 0.1) is 17.6 Å². The second-order valence-electron chi connectivity index (χ2n) is 10.2. The zero-order valence-electron chi connectivity index (χ0n) is 22.9. The van der Waals surface area contributed by atoms with Crippen molar-refractivity contribution < 1.29 is 22.7 Å². The van der Waals surface area contributed by atoms with E-state index < -0.39 is 12.4 Å². The Hall–Kier alpha value is -4.91. The highest BCUT2D eigenvalue weighted by atomic mass is 32.2. The third-order valence-corrected chi connectivity index (χ3v) is 7.73. The van der Waals surface area contributed by atoms with Gasteiger partial charge in [-0.1, -0.05) is 74.1 Å². The van der Waals surface area contributed by atoms with Gasteiger partial charge in [0.25, 0.3) is 0 Å². The summed E-state index contributed by atoms with van der Waals surface area (Å²) in [6.07, 6.45) is 0.434. The smallest absolute Gasteiger partial charge is 0.406 e. The van der Waals surface area contributed by atoms with Crippen LogP contribution in [0.5, 0.6) is 5.75 Å². The second kappa shape index (κ2) is 11.1. The third-order valence-electron chi connectivity index (χ3n) is 6.76. The maximum atomic E-state index is 12.6. The summed E-state index contributed by atoms with van der Waals surface area (Å²) in [7, 11) is 0. The normalized spacial score (nSPS) is 16.6. The van der Waals surface area contributed by atoms with E-state index in [4.69, 9.17) is 0 Å². The topological polar surface area (TPSA) is 97.0 Å². The molecule has 0 bridgehead atoms. The number of anilines is 1. The molecule has 218 valence electrons. The molecule has 1 fully saturated rings. The highest BCUT2D eigenvalue weighted by Crippen LogP contribution is 2.45. The number of para-hydroxylation sites is 1. The summed E-state index contributed by atoms with van der Waals surface area (Å²) in [5.74, 6) is 0.835. The lowest BCUT2D eigenvalue weighted by Gasteiger charge is -2.35. The Morgan fingerprint density at radius 2 is 1.81 bits per heavy atom. The molecule has 13 heteroatoms. The maximum Gasteiger partial charge on any atom is 0.573 e. The molecule has 3 heterocycles. The lowest BCUT2D eigenvalue weighted by molar-refractivity contribution is -0.274.